The molecule has 0 saturated heterocycles. The number of phenolic OH excluding ortho intramolecular Hbond substituents is 1. The predicted octanol–water partition coefficient (Wildman–Crippen LogP) is 10.1. The van der Waals surface area contributed by atoms with Gasteiger partial charge in [0.1, 0.15) is 5.75 Å². The molecule has 0 spiro atoms. The molecule has 4 aromatic carbocycles. The van der Waals surface area contributed by atoms with Gasteiger partial charge in [0.05, 0.1) is 11.4 Å². The molecule has 0 radical (unpaired) electrons. The highest BCUT2D eigenvalue weighted by molar-refractivity contribution is 5.87. The van der Waals surface area contributed by atoms with Crippen LogP contribution < -0.4 is 11.5 Å². The number of aromatic hydroxyl groups is 1. The zero-order chi connectivity index (χ0) is 32.4. The Balaban J connectivity index is 1.70. The van der Waals surface area contributed by atoms with Crippen molar-refractivity contribution in [2.24, 2.45) is 5.73 Å². The van der Waals surface area contributed by atoms with Gasteiger partial charge in [-0.25, -0.2) is 4.98 Å². The minimum absolute atomic E-state index is 0.0250. The normalized spacial score (nSPS) is 12.3. The van der Waals surface area contributed by atoms with Gasteiger partial charge in [-0.1, -0.05) is 120 Å². The van der Waals surface area contributed by atoms with Crippen LogP contribution in [-0.2, 0) is 10.8 Å². The van der Waals surface area contributed by atoms with Crippen molar-refractivity contribution in [3.8, 4) is 50.5 Å². The molecular formula is C41H43N3O. The molecule has 4 nitrogen and oxygen atoms in total. The van der Waals surface area contributed by atoms with Gasteiger partial charge in [0, 0.05) is 22.4 Å². The lowest BCUT2D eigenvalue weighted by Crippen LogP contribution is -2.16. The Hall–Kier alpha value is -5.09. The van der Waals surface area contributed by atoms with E-state index in [-0.39, 0.29) is 16.6 Å². The minimum Gasteiger partial charge on any atom is -0.507 e. The molecule has 45 heavy (non-hydrogen) atoms. The summed E-state index contributed by atoms with van der Waals surface area (Å²) in [6, 6.07) is 32.7. The molecule has 1 heterocycles. The number of aromatic nitrogens is 1. The molecule has 0 atom stereocenters. The number of pyridine rings is 1. The first kappa shape index (κ1) is 31.3. The van der Waals surface area contributed by atoms with Crippen LogP contribution in [0.4, 0.5) is 5.69 Å². The summed E-state index contributed by atoms with van der Waals surface area (Å²) in [5.41, 5.74) is 23.7. The number of allylic oxidation sites excluding steroid dienone is 2. The zero-order valence-corrected chi connectivity index (χ0v) is 27.1. The fraction of sp³-hybridized carbons (Fsp3) is 0.195. The molecule has 0 fully saturated rings. The molecule has 5 rings (SSSR count). The van der Waals surface area contributed by atoms with Crippen LogP contribution in [0.3, 0.4) is 0 Å². The van der Waals surface area contributed by atoms with Crippen molar-refractivity contribution in [2.75, 3.05) is 5.73 Å². The summed E-state index contributed by atoms with van der Waals surface area (Å²) < 4.78 is 0. The number of phenols is 1. The van der Waals surface area contributed by atoms with Crippen LogP contribution in [-0.4, -0.2) is 10.1 Å². The summed E-state index contributed by atoms with van der Waals surface area (Å²) in [5, 5.41) is 10.8. The Bertz CT molecular complexity index is 1870. The second-order valence-corrected chi connectivity index (χ2v) is 13.6. The lowest BCUT2D eigenvalue weighted by Gasteiger charge is -2.26. The van der Waals surface area contributed by atoms with Crippen LogP contribution in [0.15, 0.2) is 115 Å². The van der Waals surface area contributed by atoms with Crippen LogP contribution in [0.1, 0.15) is 58.2 Å². The van der Waals surface area contributed by atoms with Gasteiger partial charge in [-0.15, -0.1) is 0 Å². The molecule has 1 aromatic heterocycles. The number of anilines is 1. The Morgan fingerprint density at radius 1 is 0.600 bits per heavy atom. The van der Waals surface area contributed by atoms with Crippen molar-refractivity contribution in [3.05, 3.63) is 132 Å². The SMILES string of the molecule is CC(C)(C)c1cc(-c2cc(-c3ccc(-c4ccccc4C=C/C=C\N)c(N)c3)nc(-c3ccccc3O)c2)cc(C(C)(C)C)c1. The van der Waals surface area contributed by atoms with E-state index in [0.717, 1.165) is 39.1 Å². The van der Waals surface area contributed by atoms with Crippen LogP contribution >= 0.6 is 0 Å². The number of hydrogen-bond donors (Lipinski definition) is 3. The van der Waals surface area contributed by atoms with Gasteiger partial charge in [-0.3, -0.25) is 0 Å². The maximum atomic E-state index is 10.8. The van der Waals surface area contributed by atoms with Gasteiger partial charge in [-0.05, 0) is 86.8 Å². The van der Waals surface area contributed by atoms with E-state index in [2.05, 4.69) is 96.1 Å². The van der Waals surface area contributed by atoms with Gasteiger partial charge in [0.25, 0.3) is 0 Å². The maximum Gasteiger partial charge on any atom is 0.124 e. The van der Waals surface area contributed by atoms with Gasteiger partial charge in [0.15, 0.2) is 0 Å². The summed E-state index contributed by atoms with van der Waals surface area (Å²) in [5.74, 6) is 0.191. The van der Waals surface area contributed by atoms with E-state index < -0.39 is 0 Å². The van der Waals surface area contributed by atoms with Crippen LogP contribution in [0.5, 0.6) is 5.75 Å². The van der Waals surface area contributed by atoms with Gasteiger partial charge >= 0.3 is 0 Å². The summed E-state index contributed by atoms with van der Waals surface area (Å²) in [4.78, 5) is 5.07. The van der Waals surface area contributed by atoms with Gasteiger partial charge in [0.2, 0.25) is 0 Å². The summed E-state index contributed by atoms with van der Waals surface area (Å²) in [6.07, 6.45) is 7.24. The monoisotopic (exact) mass is 593 g/mol. The predicted molar refractivity (Wildman–Crippen MR) is 192 cm³/mol. The number of para-hydroxylation sites is 1. The van der Waals surface area contributed by atoms with Crippen LogP contribution in [0.25, 0.3) is 50.8 Å². The third-order valence-electron chi connectivity index (χ3n) is 8.10. The van der Waals surface area contributed by atoms with Crippen molar-refractivity contribution in [3.63, 3.8) is 0 Å². The Labute approximate surface area is 267 Å². The van der Waals surface area contributed by atoms with E-state index in [1.807, 2.05) is 48.6 Å². The van der Waals surface area contributed by atoms with Crippen molar-refractivity contribution in [1.82, 2.24) is 4.98 Å². The lowest BCUT2D eigenvalue weighted by molar-refractivity contribution is 0.477. The molecule has 4 heteroatoms. The smallest absolute Gasteiger partial charge is 0.124 e. The Morgan fingerprint density at radius 3 is 1.82 bits per heavy atom. The van der Waals surface area contributed by atoms with Gasteiger partial charge < -0.3 is 16.6 Å². The van der Waals surface area contributed by atoms with Crippen molar-refractivity contribution in [1.29, 1.82) is 0 Å². The van der Waals surface area contributed by atoms with E-state index in [0.29, 0.717) is 16.9 Å². The molecule has 0 unspecified atom stereocenters. The first-order chi connectivity index (χ1) is 21.3. The first-order valence-electron chi connectivity index (χ1n) is 15.4. The van der Waals surface area contributed by atoms with Crippen molar-refractivity contribution >= 4 is 11.8 Å². The second kappa shape index (κ2) is 12.5. The van der Waals surface area contributed by atoms with E-state index in [1.54, 1.807) is 12.1 Å². The number of hydrogen-bond acceptors (Lipinski definition) is 4. The van der Waals surface area contributed by atoms with Crippen LogP contribution in [0, 0.1) is 0 Å². The Morgan fingerprint density at radius 2 is 1.20 bits per heavy atom. The molecule has 5 aromatic rings. The molecule has 0 saturated carbocycles. The van der Waals surface area contributed by atoms with E-state index in [9.17, 15) is 5.11 Å². The highest BCUT2D eigenvalue weighted by Gasteiger charge is 2.22. The van der Waals surface area contributed by atoms with Crippen molar-refractivity contribution in [2.45, 2.75) is 52.4 Å². The first-order valence-corrected chi connectivity index (χ1v) is 15.4. The maximum absolute atomic E-state index is 10.8. The average molecular weight is 594 g/mol. The third kappa shape index (κ3) is 7.02. The van der Waals surface area contributed by atoms with Crippen molar-refractivity contribution < 1.29 is 5.11 Å². The highest BCUT2D eigenvalue weighted by Crippen LogP contribution is 2.39. The standard InChI is InChI=1S/C41H43N3O/c1-40(2,3)31-21-29(22-32(26-31)41(4,5)6)30-24-37(44-38(25-30)35-16-9-10-17-39(35)45)28-18-19-34(36(43)23-28)33-15-8-7-13-27(33)14-11-12-20-42/h7-26,45H,42-43H2,1-6H3/b14-11?,20-12-. The molecule has 0 bridgehead atoms. The summed E-state index contributed by atoms with van der Waals surface area (Å²) >= 11 is 0. The molecule has 0 amide bonds. The van der Waals surface area contributed by atoms with Crippen LogP contribution in [0.2, 0.25) is 0 Å². The molecule has 0 aliphatic heterocycles. The molecule has 228 valence electrons. The van der Waals surface area contributed by atoms with E-state index >= 15 is 0 Å². The minimum atomic E-state index is -0.0250. The number of rotatable bonds is 6. The average Bonchev–Trinajstić information content (AvgIpc) is 3.00. The summed E-state index contributed by atoms with van der Waals surface area (Å²) in [6.45, 7) is 13.5. The fourth-order valence-electron chi connectivity index (χ4n) is 5.41. The molecular weight excluding hydrogens is 550 g/mol. The number of benzene rings is 4. The van der Waals surface area contributed by atoms with Gasteiger partial charge in [-0.2, -0.15) is 0 Å². The number of nitrogens with zero attached hydrogens (tertiary/aromatic N) is 1. The highest BCUT2D eigenvalue weighted by atomic mass is 16.3. The third-order valence-corrected chi connectivity index (χ3v) is 8.10. The number of nitrogens with two attached hydrogens (primary N) is 2. The zero-order valence-electron chi connectivity index (χ0n) is 27.1. The molecule has 5 N–H and O–H groups in total. The number of nitrogen functional groups attached to an aromatic ring is 1. The Kier molecular flexibility index (Phi) is 8.70. The largest absolute Gasteiger partial charge is 0.507 e. The van der Waals surface area contributed by atoms with E-state index in [1.165, 1.54) is 17.3 Å². The fourth-order valence-corrected chi connectivity index (χ4v) is 5.41. The quantitative estimate of drug-likeness (QED) is 0.135. The summed E-state index contributed by atoms with van der Waals surface area (Å²) in [7, 11) is 0. The molecule has 0 aliphatic carbocycles. The topological polar surface area (TPSA) is 85.2 Å². The lowest BCUT2D eigenvalue weighted by atomic mass is 9.79. The second-order valence-electron chi connectivity index (χ2n) is 13.6. The van der Waals surface area contributed by atoms with E-state index in [4.69, 9.17) is 16.5 Å². The molecule has 0 aliphatic rings.